The molecule has 0 aliphatic carbocycles. The minimum atomic E-state index is 0.0490. The summed E-state index contributed by atoms with van der Waals surface area (Å²) in [5.74, 6) is 0. The van der Waals surface area contributed by atoms with Crippen molar-refractivity contribution in [2.75, 3.05) is 19.8 Å². The second-order valence-electron chi connectivity index (χ2n) is 3.08. The summed E-state index contributed by atoms with van der Waals surface area (Å²) >= 11 is 0. The molecule has 2 saturated heterocycles. The fraction of sp³-hybridized carbons (Fsp3) is 1.00. The van der Waals surface area contributed by atoms with Crippen LogP contribution in [-0.2, 0) is 14.2 Å². The molecule has 0 bridgehead atoms. The first kappa shape index (κ1) is 7.53. The van der Waals surface area contributed by atoms with Crippen LogP contribution in [0.1, 0.15) is 19.3 Å². The van der Waals surface area contributed by atoms with Crippen LogP contribution in [0.5, 0.6) is 0 Å². The lowest BCUT2D eigenvalue weighted by Gasteiger charge is -2.22. The van der Waals surface area contributed by atoms with Gasteiger partial charge in [0.1, 0.15) is 6.10 Å². The molecular formula is C8H14O3. The Balaban J connectivity index is 1.59. The fourth-order valence-electron chi connectivity index (χ4n) is 1.22. The van der Waals surface area contributed by atoms with Crippen molar-refractivity contribution in [3.8, 4) is 0 Å². The standard InChI is InChI=1S/C8H14O3/c1-2-4-9-8(3-1)11-6-7-5-10-7/h7-8H,1-6H2/t7-,8?/m1/s1. The van der Waals surface area contributed by atoms with E-state index < -0.39 is 0 Å². The Morgan fingerprint density at radius 1 is 1.27 bits per heavy atom. The third-order valence-electron chi connectivity index (χ3n) is 2.01. The molecule has 2 fully saturated rings. The maximum atomic E-state index is 5.46. The molecule has 0 radical (unpaired) electrons. The first-order valence-electron chi connectivity index (χ1n) is 4.30. The van der Waals surface area contributed by atoms with Gasteiger partial charge in [0.05, 0.1) is 13.2 Å². The van der Waals surface area contributed by atoms with Gasteiger partial charge in [-0.3, -0.25) is 0 Å². The molecule has 3 nitrogen and oxygen atoms in total. The zero-order valence-electron chi connectivity index (χ0n) is 6.62. The number of hydrogen-bond donors (Lipinski definition) is 0. The van der Waals surface area contributed by atoms with E-state index >= 15 is 0 Å². The Morgan fingerprint density at radius 3 is 2.82 bits per heavy atom. The summed E-state index contributed by atoms with van der Waals surface area (Å²) in [6, 6.07) is 0. The lowest BCUT2D eigenvalue weighted by atomic mass is 10.2. The van der Waals surface area contributed by atoms with E-state index in [0.717, 1.165) is 19.6 Å². The van der Waals surface area contributed by atoms with Crippen LogP contribution in [0.4, 0.5) is 0 Å². The first-order valence-corrected chi connectivity index (χ1v) is 4.30. The molecule has 0 saturated carbocycles. The van der Waals surface area contributed by atoms with Gasteiger partial charge >= 0.3 is 0 Å². The van der Waals surface area contributed by atoms with E-state index in [1.807, 2.05) is 0 Å². The lowest BCUT2D eigenvalue weighted by molar-refractivity contribution is -0.164. The molecule has 2 atom stereocenters. The number of hydrogen-bond acceptors (Lipinski definition) is 3. The van der Waals surface area contributed by atoms with Crippen LogP contribution in [0.2, 0.25) is 0 Å². The average Bonchev–Trinajstić information content (AvgIpc) is 2.86. The zero-order valence-corrected chi connectivity index (χ0v) is 6.62. The van der Waals surface area contributed by atoms with E-state index in [-0.39, 0.29) is 6.29 Å². The molecule has 0 aromatic heterocycles. The van der Waals surface area contributed by atoms with E-state index in [9.17, 15) is 0 Å². The molecule has 2 aliphatic rings. The largest absolute Gasteiger partial charge is 0.371 e. The van der Waals surface area contributed by atoms with Crippen molar-refractivity contribution in [1.82, 2.24) is 0 Å². The smallest absolute Gasteiger partial charge is 0.157 e. The highest BCUT2D eigenvalue weighted by molar-refractivity contribution is 4.68. The molecule has 64 valence electrons. The van der Waals surface area contributed by atoms with Gasteiger partial charge in [-0.1, -0.05) is 0 Å². The molecule has 2 aliphatic heterocycles. The molecule has 11 heavy (non-hydrogen) atoms. The molecule has 0 aromatic rings. The van der Waals surface area contributed by atoms with Gasteiger partial charge in [0.15, 0.2) is 6.29 Å². The van der Waals surface area contributed by atoms with Crippen LogP contribution in [0.15, 0.2) is 0 Å². The van der Waals surface area contributed by atoms with Gasteiger partial charge < -0.3 is 14.2 Å². The fourth-order valence-corrected chi connectivity index (χ4v) is 1.22. The van der Waals surface area contributed by atoms with Crippen molar-refractivity contribution in [2.24, 2.45) is 0 Å². The molecule has 1 unspecified atom stereocenters. The minimum absolute atomic E-state index is 0.0490. The van der Waals surface area contributed by atoms with Crippen molar-refractivity contribution >= 4 is 0 Å². The van der Waals surface area contributed by atoms with Crippen molar-refractivity contribution in [1.29, 1.82) is 0 Å². The monoisotopic (exact) mass is 158 g/mol. The predicted molar refractivity (Wildman–Crippen MR) is 39.3 cm³/mol. The highest BCUT2D eigenvalue weighted by Gasteiger charge is 2.25. The summed E-state index contributed by atoms with van der Waals surface area (Å²) in [7, 11) is 0. The predicted octanol–water partition coefficient (Wildman–Crippen LogP) is 0.928. The van der Waals surface area contributed by atoms with Gasteiger partial charge in [-0.05, 0) is 19.3 Å². The second-order valence-corrected chi connectivity index (χ2v) is 3.08. The van der Waals surface area contributed by atoms with Gasteiger partial charge in [0, 0.05) is 6.61 Å². The Hall–Kier alpha value is -0.120. The Morgan fingerprint density at radius 2 is 2.18 bits per heavy atom. The molecule has 2 heterocycles. The zero-order chi connectivity index (χ0) is 7.52. The minimum Gasteiger partial charge on any atom is -0.371 e. The summed E-state index contributed by atoms with van der Waals surface area (Å²) in [5, 5.41) is 0. The molecule has 2 rings (SSSR count). The number of rotatable bonds is 3. The van der Waals surface area contributed by atoms with Crippen molar-refractivity contribution in [3.05, 3.63) is 0 Å². The van der Waals surface area contributed by atoms with Crippen LogP contribution in [0.25, 0.3) is 0 Å². The van der Waals surface area contributed by atoms with Gasteiger partial charge in [-0.2, -0.15) is 0 Å². The molecule has 0 spiro atoms. The summed E-state index contributed by atoms with van der Waals surface area (Å²) in [6.45, 7) is 2.44. The van der Waals surface area contributed by atoms with Gasteiger partial charge in [0.2, 0.25) is 0 Å². The third kappa shape index (κ3) is 2.43. The van der Waals surface area contributed by atoms with Crippen molar-refractivity contribution in [3.63, 3.8) is 0 Å². The van der Waals surface area contributed by atoms with E-state index in [0.29, 0.717) is 12.7 Å². The lowest BCUT2D eigenvalue weighted by Crippen LogP contribution is -2.23. The van der Waals surface area contributed by atoms with Gasteiger partial charge in [0.25, 0.3) is 0 Å². The number of epoxide rings is 1. The summed E-state index contributed by atoms with van der Waals surface area (Å²) in [4.78, 5) is 0. The van der Waals surface area contributed by atoms with E-state index in [4.69, 9.17) is 14.2 Å². The van der Waals surface area contributed by atoms with Crippen molar-refractivity contribution in [2.45, 2.75) is 31.7 Å². The Kier molecular flexibility index (Phi) is 2.41. The molecule has 0 aromatic carbocycles. The maximum absolute atomic E-state index is 5.46. The van der Waals surface area contributed by atoms with Crippen LogP contribution < -0.4 is 0 Å². The van der Waals surface area contributed by atoms with E-state index in [1.54, 1.807) is 0 Å². The van der Waals surface area contributed by atoms with Crippen LogP contribution >= 0.6 is 0 Å². The Bertz CT molecular complexity index is 117. The molecule has 0 N–H and O–H groups in total. The summed E-state index contributed by atoms with van der Waals surface area (Å²) in [5.41, 5.74) is 0. The highest BCUT2D eigenvalue weighted by Crippen LogP contribution is 2.16. The van der Waals surface area contributed by atoms with Crippen LogP contribution in [-0.4, -0.2) is 32.2 Å². The quantitative estimate of drug-likeness (QED) is 0.572. The van der Waals surface area contributed by atoms with Gasteiger partial charge in [-0.15, -0.1) is 0 Å². The van der Waals surface area contributed by atoms with Crippen LogP contribution in [0, 0.1) is 0 Å². The summed E-state index contributed by atoms with van der Waals surface area (Å²) in [6.07, 6.45) is 3.87. The summed E-state index contributed by atoms with van der Waals surface area (Å²) < 4.78 is 15.9. The third-order valence-corrected chi connectivity index (χ3v) is 2.01. The maximum Gasteiger partial charge on any atom is 0.157 e. The Labute approximate surface area is 66.6 Å². The molecule has 3 heteroatoms. The normalized spacial score (nSPS) is 37.1. The van der Waals surface area contributed by atoms with Crippen LogP contribution in [0.3, 0.4) is 0 Å². The van der Waals surface area contributed by atoms with E-state index in [2.05, 4.69) is 0 Å². The average molecular weight is 158 g/mol. The SMILES string of the molecule is C1CCC(OC[C@H]2CO2)OC1. The second kappa shape index (κ2) is 3.52. The molecule has 0 amide bonds. The molecular weight excluding hydrogens is 144 g/mol. The number of ether oxygens (including phenoxy) is 3. The van der Waals surface area contributed by atoms with Crippen molar-refractivity contribution < 1.29 is 14.2 Å². The topological polar surface area (TPSA) is 31.0 Å². The first-order chi connectivity index (χ1) is 5.45. The highest BCUT2D eigenvalue weighted by atomic mass is 16.7. The van der Waals surface area contributed by atoms with Gasteiger partial charge in [-0.25, -0.2) is 0 Å². The van der Waals surface area contributed by atoms with E-state index in [1.165, 1.54) is 12.8 Å².